The molecule has 0 spiro atoms. The summed E-state index contributed by atoms with van der Waals surface area (Å²) in [4.78, 5) is 20.0. The first kappa shape index (κ1) is 17.0. The molecule has 1 heterocycles. The van der Waals surface area contributed by atoms with Crippen LogP contribution in [0.15, 0.2) is 35.4 Å². The number of carbonyl (C=O) groups is 1. The lowest BCUT2D eigenvalue weighted by molar-refractivity contribution is 0.0979. The van der Waals surface area contributed by atoms with Crippen molar-refractivity contribution in [3.05, 3.63) is 36.0 Å². The summed E-state index contributed by atoms with van der Waals surface area (Å²) in [7, 11) is 0. The second-order valence-electron chi connectivity index (χ2n) is 5.44. The van der Waals surface area contributed by atoms with E-state index in [9.17, 15) is 4.79 Å². The molecule has 22 heavy (non-hydrogen) atoms. The molecule has 0 amide bonds. The molecule has 4 heteroatoms. The molecule has 2 rings (SSSR count). The zero-order valence-corrected chi connectivity index (χ0v) is 14.3. The molecular formula is C18H24N2OS. The van der Waals surface area contributed by atoms with Crippen molar-refractivity contribution in [1.82, 2.24) is 9.88 Å². The van der Waals surface area contributed by atoms with Crippen molar-refractivity contribution in [3.63, 3.8) is 0 Å². The average Bonchev–Trinajstić information content (AvgIpc) is 2.55. The summed E-state index contributed by atoms with van der Waals surface area (Å²) in [6.45, 7) is 7.56. The summed E-state index contributed by atoms with van der Waals surface area (Å²) < 4.78 is 0. The van der Waals surface area contributed by atoms with E-state index in [4.69, 9.17) is 0 Å². The third-order valence-corrected chi connectivity index (χ3v) is 4.43. The Labute approximate surface area is 138 Å². The van der Waals surface area contributed by atoms with Crippen LogP contribution in [0.4, 0.5) is 0 Å². The van der Waals surface area contributed by atoms with Gasteiger partial charge in [0.1, 0.15) is 0 Å². The number of Topliss-reactive ketones (excluding diaryl/α,β-unsaturated/α-hetero) is 1. The Morgan fingerprint density at radius 1 is 1.18 bits per heavy atom. The highest BCUT2D eigenvalue weighted by Gasteiger charge is 2.12. The molecular weight excluding hydrogens is 292 g/mol. The van der Waals surface area contributed by atoms with Gasteiger partial charge in [-0.05, 0) is 50.7 Å². The molecule has 0 aliphatic carbocycles. The van der Waals surface area contributed by atoms with Gasteiger partial charge >= 0.3 is 0 Å². The topological polar surface area (TPSA) is 33.2 Å². The van der Waals surface area contributed by atoms with Crippen LogP contribution in [-0.4, -0.2) is 35.3 Å². The lowest BCUT2D eigenvalue weighted by atomic mass is 10.0. The minimum absolute atomic E-state index is 0.200. The molecule has 0 aliphatic rings. The minimum Gasteiger partial charge on any atom is -0.304 e. The minimum atomic E-state index is 0.200. The summed E-state index contributed by atoms with van der Waals surface area (Å²) in [6, 6.07) is 7.55. The van der Waals surface area contributed by atoms with Crippen molar-refractivity contribution in [1.29, 1.82) is 0 Å². The highest BCUT2D eigenvalue weighted by molar-refractivity contribution is 7.80. The van der Waals surface area contributed by atoms with Crippen molar-refractivity contribution in [2.45, 2.75) is 38.0 Å². The lowest BCUT2D eigenvalue weighted by Gasteiger charge is -2.17. The molecule has 2 aromatic rings. The van der Waals surface area contributed by atoms with Gasteiger partial charge in [0.2, 0.25) is 0 Å². The Balaban J connectivity index is 2.00. The number of aromatic nitrogens is 1. The smallest absolute Gasteiger partial charge is 0.163 e. The molecule has 0 radical (unpaired) electrons. The maximum atomic E-state index is 12.5. The standard InChI is InChI=1S/C18H24N2OS/c1-3-20(4-2)13-6-5-9-16(21)14-10-11-17(22)18-15(14)8-7-12-19-18/h7-8,10-12,22H,3-6,9,13H2,1-2H3. The molecule has 0 N–H and O–H groups in total. The van der Waals surface area contributed by atoms with Crippen LogP contribution in [0.3, 0.4) is 0 Å². The molecule has 0 unspecified atom stereocenters. The number of hydrogen-bond acceptors (Lipinski definition) is 4. The zero-order chi connectivity index (χ0) is 15.9. The van der Waals surface area contributed by atoms with Gasteiger partial charge in [0.05, 0.1) is 5.52 Å². The molecule has 1 aromatic heterocycles. The van der Waals surface area contributed by atoms with Crippen LogP contribution in [0.1, 0.15) is 43.5 Å². The molecule has 0 atom stereocenters. The monoisotopic (exact) mass is 316 g/mol. The molecule has 0 saturated heterocycles. The van der Waals surface area contributed by atoms with Crippen molar-refractivity contribution in [3.8, 4) is 0 Å². The van der Waals surface area contributed by atoms with E-state index >= 15 is 0 Å². The Morgan fingerprint density at radius 2 is 1.95 bits per heavy atom. The van der Waals surface area contributed by atoms with E-state index in [2.05, 4.69) is 36.4 Å². The summed E-state index contributed by atoms with van der Waals surface area (Å²) in [5, 5.41) is 0.906. The van der Waals surface area contributed by atoms with Crippen LogP contribution in [-0.2, 0) is 0 Å². The van der Waals surface area contributed by atoms with E-state index in [1.54, 1.807) is 6.20 Å². The number of ketones is 1. The van der Waals surface area contributed by atoms with Gasteiger partial charge in [-0.3, -0.25) is 9.78 Å². The van der Waals surface area contributed by atoms with Gasteiger partial charge in [0.25, 0.3) is 0 Å². The highest BCUT2D eigenvalue weighted by atomic mass is 32.1. The van der Waals surface area contributed by atoms with Gasteiger partial charge in [-0.15, -0.1) is 12.6 Å². The van der Waals surface area contributed by atoms with Crippen LogP contribution >= 0.6 is 12.6 Å². The molecule has 1 aromatic carbocycles. The van der Waals surface area contributed by atoms with E-state index in [-0.39, 0.29) is 5.78 Å². The number of carbonyl (C=O) groups excluding carboxylic acids is 1. The number of rotatable bonds is 8. The number of benzene rings is 1. The van der Waals surface area contributed by atoms with Gasteiger partial charge in [0, 0.05) is 28.5 Å². The normalized spacial score (nSPS) is 11.3. The number of pyridine rings is 1. The second-order valence-corrected chi connectivity index (χ2v) is 5.92. The number of hydrogen-bond donors (Lipinski definition) is 1. The van der Waals surface area contributed by atoms with Crippen LogP contribution in [0.5, 0.6) is 0 Å². The number of thiol groups is 1. The van der Waals surface area contributed by atoms with Gasteiger partial charge in [0.15, 0.2) is 5.78 Å². The molecule has 0 aliphatic heterocycles. The quantitative estimate of drug-likeness (QED) is 0.450. The maximum absolute atomic E-state index is 12.5. The van der Waals surface area contributed by atoms with Crippen LogP contribution < -0.4 is 0 Å². The van der Waals surface area contributed by atoms with E-state index in [0.29, 0.717) is 6.42 Å². The summed E-state index contributed by atoms with van der Waals surface area (Å²) >= 11 is 4.42. The van der Waals surface area contributed by atoms with Crippen LogP contribution in [0.2, 0.25) is 0 Å². The van der Waals surface area contributed by atoms with Gasteiger partial charge in [-0.1, -0.05) is 19.9 Å². The first-order valence-corrected chi connectivity index (χ1v) is 8.44. The van der Waals surface area contributed by atoms with Crippen LogP contribution in [0, 0.1) is 0 Å². The molecule has 3 nitrogen and oxygen atoms in total. The predicted molar refractivity (Wildman–Crippen MR) is 95.0 cm³/mol. The fourth-order valence-electron chi connectivity index (χ4n) is 2.70. The van der Waals surface area contributed by atoms with E-state index in [1.807, 2.05) is 24.3 Å². The molecule has 0 saturated carbocycles. The van der Waals surface area contributed by atoms with Crippen LogP contribution in [0.25, 0.3) is 10.9 Å². The number of nitrogens with zero attached hydrogens (tertiary/aromatic N) is 2. The summed E-state index contributed by atoms with van der Waals surface area (Å²) in [6.07, 6.45) is 4.32. The first-order valence-electron chi connectivity index (χ1n) is 7.99. The van der Waals surface area contributed by atoms with Crippen molar-refractivity contribution < 1.29 is 4.79 Å². The number of fused-ring (bicyclic) bond motifs is 1. The van der Waals surface area contributed by atoms with Crippen molar-refractivity contribution in [2.24, 2.45) is 0 Å². The van der Waals surface area contributed by atoms with Crippen molar-refractivity contribution >= 4 is 29.3 Å². The highest BCUT2D eigenvalue weighted by Crippen LogP contribution is 2.24. The summed E-state index contributed by atoms with van der Waals surface area (Å²) in [5.41, 5.74) is 1.57. The fourth-order valence-corrected chi connectivity index (χ4v) is 2.95. The zero-order valence-electron chi connectivity index (χ0n) is 13.4. The van der Waals surface area contributed by atoms with Gasteiger partial charge in [-0.2, -0.15) is 0 Å². The Morgan fingerprint density at radius 3 is 2.68 bits per heavy atom. The second kappa shape index (κ2) is 8.30. The van der Waals surface area contributed by atoms with E-state index < -0.39 is 0 Å². The Bertz CT molecular complexity index is 638. The average molecular weight is 316 g/mol. The van der Waals surface area contributed by atoms with Crippen molar-refractivity contribution in [2.75, 3.05) is 19.6 Å². The lowest BCUT2D eigenvalue weighted by Crippen LogP contribution is -2.24. The van der Waals surface area contributed by atoms with E-state index in [0.717, 1.165) is 53.8 Å². The SMILES string of the molecule is CCN(CC)CCCCC(=O)c1ccc(S)c2ncccc12. The Hall–Kier alpha value is -1.39. The predicted octanol–water partition coefficient (Wildman–Crippen LogP) is 4.22. The maximum Gasteiger partial charge on any atom is 0.163 e. The fraction of sp³-hybridized carbons (Fsp3) is 0.444. The van der Waals surface area contributed by atoms with Gasteiger partial charge < -0.3 is 4.90 Å². The van der Waals surface area contributed by atoms with E-state index in [1.165, 1.54) is 0 Å². The van der Waals surface area contributed by atoms with Gasteiger partial charge in [-0.25, -0.2) is 0 Å². The first-order chi connectivity index (χ1) is 10.7. The largest absolute Gasteiger partial charge is 0.304 e. The molecule has 118 valence electrons. The molecule has 0 fully saturated rings. The summed E-state index contributed by atoms with van der Waals surface area (Å²) in [5.74, 6) is 0.200. The Kier molecular flexibility index (Phi) is 6.40. The third-order valence-electron chi connectivity index (χ3n) is 4.07. The molecule has 0 bridgehead atoms. The number of unbranched alkanes of at least 4 members (excludes halogenated alkanes) is 1. The third kappa shape index (κ3) is 4.08.